The Morgan fingerprint density at radius 1 is 1.19 bits per heavy atom. The molecule has 2 aliphatic heterocycles. The van der Waals surface area contributed by atoms with E-state index in [1.54, 1.807) is 11.3 Å². The Morgan fingerprint density at radius 2 is 2.10 bits per heavy atom. The first-order chi connectivity index (χ1) is 10.3. The first kappa shape index (κ1) is 13.0. The van der Waals surface area contributed by atoms with Gasteiger partial charge in [-0.3, -0.25) is 9.69 Å². The van der Waals surface area contributed by atoms with Crippen LogP contribution in [0.3, 0.4) is 0 Å². The Bertz CT molecular complexity index is 653. The molecule has 3 nitrogen and oxygen atoms in total. The van der Waals surface area contributed by atoms with Crippen LogP contribution < -0.4 is 0 Å². The molecular weight excluding hydrogens is 280 g/mol. The lowest BCUT2D eigenvalue weighted by Crippen LogP contribution is -2.53. The van der Waals surface area contributed by atoms with Crippen molar-refractivity contribution in [1.29, 1.82) is 0 Å². The van der Waals surface area contributed by atoms with Crippen LogP contribution in [0.5, 0.6) is 0 Å². The summed E-state index contributed by atoms with van der Waals surface area (Å²) in [4.78, 5) is 18.2. The largest absolute Gasteiger partial charge is 0.333 e. The summed E-state index contributed by atoms with van der Waals surface area (Å²) in [5, 5.41) is 2.10. The van der Waals surface area contributed by atoms with Gasteiger partial charge in [-0.25, -0.2) is 0 Å². The Kier molecular flexibility index (Phi) is 3.28. The second-order valence-electron chi connectivity index (χ2n) is 5.80. The van der Waals surface area contributed by atoms with Crippen molar-refractivity contribution in [2.45, 2.75) is 19.0 Å². The molecule has 2 aliphatic rings. The van der Waals surface area contributed by atoms with Crippen LogP contribution in [0.4, 0.5) is 0 Å². The number of piperazine rings is 1. The number of carbonyl (C=O) groups is 1. The Balaban J connectivity index is 1.60. The van der Waals surface area contributed by atoms with Gasteiger partial charge in [-0.15, -0.1) is 11.3 Å². The third-order valence-corrected chi connectivity index (χ3v) is 5.34. The van der Waals surface area contributed by atoms with Gasteiger partial charge in [0.15, 0.2) is 0 Å². The van der Waals surface area contributed by atoms with Crippen molar-refractivity contribution >= 4 is 17.2 Å². The summed E-state index contributed by atoms with van der Waals surface area (Å²) in [7, 11) is 0. The van der Waals surface area contributed by atoms with E-state index in [9.17, 15) is 4.79 Å². The number of benzene rings is 1. The highest BCUT2D eigenvalue weighted by Gasteiger charge is 2.36. The van der Waals surface area contributed by atoms with E-state index < -0.39 is 0 Å². The lowest BCUT2D eigenvalue weighted by Gasteiger charge is -2.44. The van der Waals surface area contributed by atoms with Crippen molar-refractivity contribution in [2.24, 2.45) is 0 Å². The van der Waals surface area contributed by atoms with Crippen LogP contribution in [0.15, 0.2) is 41.8 Å². The van der Waals surface area contributed by atoms with Crippen molar-refractivity contribution < 1.29 is 4.79 Å². The van der Waals surface area contributed by atoms with E-state index in [0.717, 1.165) is 26.1 Å². The minimum Gasteiger partial charge on any atom is -0.333 e. The van der Waals surface area contributed by atoms with Gasteiger partial charge in [0.25, 0.3) is 0 Å². The molecule has 3 heterocycles. The molecule has 1 atom stereocenters. The summed E-state index contributed by atoms with van der Waals surface area (Å²) in [6.07, 6.45) is 0.989. The highest BCUT2D eigenvalue weighted by atomic mass is 32.1. The first-order valence-electron chi connectivity index (χ1n) is 7.43. The molecule has 0 spiro atoms. The van der Waals surface area contributed by atoms with Gasteiger partial charge in [-0.05, 0) is 29.0 Å². The van der Waals surface area contributed by atoms with Gasteiger partial charge in [0.05, 0.1) is 12.6 Å². The highest BCUT2D eigenvalue weighted by Crippen LogP contribution is 2.33. The van der Waals surface area contributed by atoms with E-state index in [0.29, 0.717) is 6.54 Å². The van der Waals surface area contributed by atoms with Gasteiger partial charge in [0.1, 0.15) is 0 Å². The zero-order valence-electron chi connectivity index (χ0n) is 11.9. The fourth-order valence-electron chi connectivity index (χ4n) is 3.48. The molecule has 1 amide bonds. The van der Waals surface area contributed by atoms with Crippen LogP contribution >= 0.6 is 11.3 Å². The van der Waals surface area contributed by atoms with Crippen molar-refractivity contribution in [1.82, 2.24) is 9.80 Å². The molecule has 1 fully saturated rings. The van der Waals surface area contributed by atoms with Crippen molar-refractivity contribution in [3.05, 3.63) is 57.8 Å². The SMILES string of the molecule is O=C1CN(Cc2cccs2)CC2c3ccccc3CCN12. The second-order valence-corrected chi connectivity index (χ2v) is 6.83. The second kappa shape index (κ2) is 5.28. The molecule has 1 aromatic carbocycles. The van der Waals surface area contributed by atoms with Gasteiger partial charge in [0, 0.05) is 24.5 Å². The number of hydrogen-bond donors (Lipinski definition) is 0. The molecule has 4 heteroatoms. The molecule has 0 N–H and O–H groups in total. The number of carbonyl (C=O) groups excluding carboxylic acids is 1. The van der Waals surface area contributed by atoms with E-state index in [4.69, 9.17) is 0 Å². The van der Waals surface area contributed by atoms with Gasteiger partial charge in [-0.1, -0.05) is 30.3 Å². The average Bonchev–Trinajstić information content (AvgIpc) is 3.00. The normalized spacial score (nSPS) is 22.0. The average molecular weight is 298 g/mol. The van der Waals surface area contributed by atoms with Gasteiger partial charge in [0.2, 0.25) is 5.91 Å². The zero-order valence-corrected chi connectivity index (χ0v) is 12.7. The monoisotopic (exact) mass is 298 g/mol. The van der Waals surface area contributed by atoms with Crippen molar-refractivity contribution in [3.8, 4) is 0 Å². The van der Waals surface area contributed by atoms with Crippen LogP contribution in [0, 0.1) is 0 Å². The van der Waals surface area contributed by atoms with Crippen LogP contribution in [0.1, 0.15) is 22.0 Å². The molecule has 108 valence electrons. The summed E-state index contributed by atoms with van der Waals surface area (Å²) < 4.78 is 0. The fraction of sp³-hybridized carbons (Fsp3) is 0.353. The molecule has 0 radical (unpaired) electrons. The molecular formula is C17H18N2OS. The standard InChI is InChI=1S/C17H18N2OS/c20-17-12-18(10-14-5-3-9-21-14)11-16-15-6-2-1-4-13(15)7-8-19(16)17/h1-6,9,16H,7-8,10-12H2. The lowest BCUT2D eigenvalue weighted by molar-refractivity contribution is -0.140. The van der Waals surface area contributed by atoms with Crippen LogP contribution in [-0.4, -0.2) is 35.3 Å². The maximum Gasteiger partial charge on any atom is 0.237 e. The first-order valence-corrected chi connectivity index (χ1v) is 8.31. The van der Waals surface area contributed by atoms with Gasteiger partial charge in [-0.2, -0.15) is 0 Å². The quantitative estimate of drug-likeness (QED) is 0.851. The smallest absolute Gasteiger partial charge is 0.237 e. The number of amides is 1. The molecule has 1 aromatic heterocycles. The van der Waals surface area contributed by atoms with E-state index in [1.807, 2.05) is 0 Å². The van der Waals surface area contributed by atoms with Crippen LogP contribution in [0.2, 0.25) is 0 Å². The topological polar surface area (TPSA) is 23.6 Å². The summed E-state index contributed by atoms with van der Waals surface area (Å²) in [5.41, 5.74) is 2.75. The summed E-state index contributed by atoms with van der Waals surface area (Å²) >= 11 is 1.77. The van der Waals surface area contributed by atoms with E-state index in [1.165, 1.54) is 16.0 Å². The maximum absolute atomic E-state index is 12.5. The number of rotatable bonds is 2. The summed E-state index contributed by atoms with van der Waals surface area (Å²) in [6.45, 7) is 3.25. The Hall–Kier alpha value is -1.65. The van der Waals surface area contributed by atoms with E-state index >= 15 is 0 Å². The van der Waals surface area contributed by atoms with Crippen LogP contribution in [0.25, 0.3) is 0 Å². The number of fused-ring (bicyclic) bond motifs is 3. The lowest BCUT2D eigenvalue weighted by atomic mass is 9.91. The number of thiophene rings is 1. The van der Waals surface area contributed by atoms with Gasteiger partial charge >= 0.3 is 0 Å². The maximum atomic E-state index is 12.5. The molecule has 21 heavy (non-hydrogen) atoms. The predicted molar refractivity (Wildman–Crippen MR) is 84.2 cm³/mol. The minimum atomic E-state index is 0.233. The summed E-state index contributed by atoms with van der Waals surface area (Å²) in [5.74, 6) is 0.275. The third-order valence-electron chi connectivity index (χ3n) is 4.48. The molecule has 1 unspecified atom stereocenters. The molecule has 0 saturated carbocycles. The minimum absolute atomic E-state index is 0.233. The Labute approximate surface area is 128 Å². The molecule has 0 aliphatic carbocycles. The molecule has 4 rings (SSSR count). The zero-order chi connectivity index (χ0) is 14.2. The molecule has 1 saturated heterocycles. The molecule has 0 bridgehead atoms. The van der Waals surface area contributed by atoms with Crippen molar-refractivity contribution in [3.63, 3.8) is 0 Å². The highest BCUT2D eigenvalue weighted by molar-refractivity contribution is 7.09. The van der Waals surface area contributed by atoms with Gasteiger partial charge < -0.3 is 4.90 Å². The van der Waals surface area contributed by atoms with E-state index in [-0.39, 0.29) is 11.9 Å². The predicted octanol–water partition coefficient (Wildman–Crippen LogP) is 2.69. The summed E-state index contributed by atoms with van der Waals surface area (Å²) in [6, 6.07) is 13.0. The number of hydrogen-bond acceptors (Lipinski definition) is 3. The molecule has 2 aromatic rings. The fourth-order valence-corrected chi connectivity index (χ4v) is 4.23. The van der Waals surface area contributed by atoms with Crippen molar-refractivity contribution in [2.75, 3.05) is 19.6 Å². The Morgan fingerprint density at radius 3 is 2.95 bits per heavy atom. The third kappa shape index (κ3) is 2.39. The van der Waals surface area contributed by atoms with Crippen LogP contribution in [-0.2, 0) is 17.8 Å². The number of nitrogens with zero attached hydrogens (tertiary/aromatic N) is 2. The van der Waals surface area contributed by atoms with E-state index in [2.05, 4.69) is 51.6 Å².